The molecule has 0 bridgehead atoms. The zero-order valence-corrected chi connectivity index (χ0v) is 14.6. The van der Waals surface area contributed by atoms with Crippen molar-refractivity contribution in [2.45, 2.75) is 32.4 Å². The Hall–Kier alpha value is -1.10. The van der Waals surface area contributed by atoms with E-state index in [1.54, 1.807) is 0 Å². The molecule has 4 nitrogen and oxygen atoms in total. The summed E-state index contributed by atoms with van der Waals surface area (Å²) in [7, 11) is 4.15. The first-order valence-electron chi connectivity index (χ1n) is 8.56. The quantitative estimate of drug-likeness (QED) is 0.874. The molecule has 1 aliphatic heterocycles. The van der Waals surface area contributed by atoms with Crippen molar-refractivity contribution in [2.24, 2.45) is 5.73 Å². The van der Waals surface area contributed by atoms with Crippen molar-refractivity contribution < 1.29 is 0 Å². The second kappa shape index (κ2) is 7.95. The van der Waals surface area contributed by atoms with Crippen molar-refractivity contribution in [3.63, 3.8) is 0 Å². The maximum atomic E-state index is 6.15. The molecule has 2 atom stereocenters. The lowest BCUT2D eigenvalue weighted by atomic mass is 9.99. The van der Waals surface area contributed by atoms with Gasteiger partial charge in [-0.3, -0.25) is 4.90 Å². The van der Waals surface area contributed by atoms with E-state index < -0.39 is 0 Å². The summed E-state index contributed by atoms with van der Waals surface area (Å²) < 4.78 is 0. The molecule has 1 aromatic carbocycles. The number of anilines is 1. The summed E-state index contributed by atoms with van der Waals surface area (Å²) in [6.07, 6.45) is 1.18. The minimum Gasteiger partial charge on any atom is -0.378 e. The van der Waals surface area contributed by atoms with E-state index >= 15 is 0 Å². The molecule has 0 spiro atoms. The van der Waals surface area contributed by atoms with Crippen molar-refractivity contribution in [2.75, 3.05) is 51.7 Å². The molecule has 2 N–H and O–H groups in total. The molecule has 0 aliphatic carbocycles. The number of likely N-dealkylation sites (N-methyl/N-ethyl adjacent to an activating group) is 1. The van der Waals surface area contributed by atoms with E-state index in [0.717, 1.165) is 19.6 Å². The number of nitrogens with zero attached hydrogens (tertiary/aromatic N) is 3. The van der Waals surface area contributed by atoms with Crippen LogP contribution in [0.3, 0.4) is 0 Å². The lowest BCUT2D eigenvalue weighted by Crippen LogP contribution is -2.54. The molecule has 1 saturated heterocycles. The fourth-order valence-corrected chi connectivity index (χ4v) is 3.45. The van der Waals surface area contributed by atoms with Crippen molar-refractivity contribution in [3.05, 3.63) is 29.8 Å². The Balaban J connectivity index is 2.16. The molecule has 124 valence electrons. The summed E-state index contributed by atoms with van der Waals surface area (Å²) in [5.41, 5.74) is 8.73. The number of hydrogen-bond donors (Lipinski definition) is 1. The number of hydrogen-bond acceptors (Lipinski definition) is 4. The van der Waals surface area contributed by atoms with E-state index in [1.165, 1.54) is 24.2 Å². The lowest BCUT2D eigenvalue weighted by molar-refractivity contribution is 0.0427. The topological polar surface area (TPSA) is 35.7 Å². The molecule has 2 rings (SSSR count). The van der Waals surface area contributed by atoms with Crippen LogP contribution in [-0.2, 0) is 0 Å². The number of nitrogens with two attached hydrogens (primary N) is 1. The zero-order chi connectivity index (χ0) is 16.1. The van der Waals surface area contributed by atoms with Gasteiger partial charge in [0.2, 0.25) is 0 Å². The zero-order valence-electron chi connectivity index (χ0n) is 14.6. The van der Waals surface area contributed by atoms with Gasteiger partial charge in [0, 0.05) is 58.0 Å². The van der Waals surface area contributed by atoms with Crippen molar-refractivity contribution in [3.8, 4) is 0 Å². The summed E-state index contributed by atoms with van der Waals surface area (Å²) in [5, 5.41) is 0. The van der Waals surface area contributed by atoms with Gasteiger partial charge in [0.1, 0.15) is 0 Å². The highest BCUT2D eigenvalue weighted by molar-refractivity contribution is 5.46. The Morgan fingerprint density at radius 1 is 1.18 bits per heavy atom. The minimum atomic E-state index is 0.333. The summed E-state index contributed by atoms with van der Waals surface area (Å²) in [4.78, 5) is 7.31. The van der Waals surface area contributed by atoms with E-state index in [1.807, 2.05) is 0 Å². The predicted octanol–water partition coefficient (Wildman–Crippen LogP) is 2.17. The van der Waals surface area contributed by atoms with Crippen LogP contribution in [0.1, 0.15) is 31.9 Å². The lowest BCUT2D eigenvalue weighted by Gasteiger charge is -2.45. The minimum absolute atomic E-state index is 0.333. The SMILES string of the molecule is CCC1CN(CC)CCN1C(CN)c1ccc(N(C)C)cc1. The summed E-state index contributed by atoms with van der Waals surface area (Å²) in [5.74, 6) is 0. The van der Waals surface area contributed by atoms with Crippen LogP contribution in [0.25, 0.3) is 0 Å². The van der Waals surface area contributed by atoms with Crippen LogP contribution in [0.4, 0.5) is 5.69 Å². The van der Waals surface area contributed by atoms with Gasteiger partial charge in [0.15, 0.2) is 0 Å². The number of benzene rings is 1. The van der Waals surface area contributed by atoms with Gasteiger partial charge in [-0.25, -0.2) is 0 Å². The monoisotopic (exact) mass is 304 g/mol. The number of rotatable bonds is 6. The standard InChI is InChI=1S/C18H32N4/c1-5-16-14-21(6-2)11-12-22(16)18(13-19)15-7-9-17(10-8-15)20(3)4/h7-10,16,18H,5-6,11-14,19H2,1-4H3. The molecular weight excluding hydrogens is 272 g/mol. The van der Waals surface area contributed by atoms with Crippen LogP contribution in [0.5, 0.6) is 0 Å². The summed E-state index contributed by atoms with van der Waals surface area (Å²) in [6, 6.07) is 9.82. The third kappa shape index (κ3) is 3.80. The smallest absolute Gasteiger partial charge is 0.0474 e. The molecule has 0 aromatic heterocycles. The summed E-state index contributed by atoms with van der Waals surface area (Å²) in [6.45, 7) is 9.81. The molecule has 4 heteroatoms. The van der Waals surface area contributed by atoms with Gasteiger partial charge in [-0.15, -0.1) is 0 Å². The average Bonchev–Trinajstić information content (AvgIpc) is 2.56. The Labute approximate surface area is 135 Å². The molecule has 0 amide bonds. The molecule has 1 fully saturated rings. The first-order valence-corrected chi connectivity index (χ1v) is 8.56. The first-order chi connectivity index (χ1) is 10.6. The molecular formula is C18H32N4. The van der Waals surface area contributed by atoms with Crippen LogP contribution in [-0.4, -0.2) is 62.7 Å². The average molecular weight is 304 g/mol. The van der Waals surface area contributed by atoms with Gasteiger partial charge in [-0.1, -0.05) is 26.0 Å². The maximum absolute atomic E-state index is 6.15. The van der Waals surface area contributed by atoms with Gasteiger partial charge >= 0.3 is 0 Å². The number of piperazine rings is 1. The molecule has 0 saturated carbocycles. The van der Waals surface area contributed by atoms with Gasteiger partial charge < -0.3 is 15.5 Å². The fourth-order valence-electron chi connectivity index (χ4n) is 3.45. The van der Waals surface area contributed by atoms with Crippen molar-refractivity contribution >= 4 is 5.69 Å². The Bertz CT molecular complexity index is 443. The molecule has 1 aliphatic rings. The molecule has 0 radical (unpaired) electrons. The van der Waals surface area contributed by atoms with Gasteiger partial charge in [0.05, 0.1) is 0 Å². The molecule has 1 aromatic rings. The van der Waals surface area contributed by atoms with E-state index in [9.17, 15) is 0 Å². The van der Waals surface area contributed by atoms with Crippen molar-refractivity contribution in [1.29, 1.82) is 0 Å². The van der Waals surface area contributed by atoms with Gasteiger partial charge in [0.25, 0.3) is 0 Å². The highest BCUT2D eigenvalue weighted by Gasteiger charge is 2.30. The van der Waals surface area contributed by atoms with E-state index in [-0.39, 0.29) is 0 Å². The van der Waals surface area contributed by atoms with Crippen molar-refractivity contribution in [1.82, 2.24) is 9.80 Å². The van der Waals surface area contributed by atoms with E-state index in [0.29, 0.717) is 18.6 Å². The van der Waals surface area contributed by atoms with Crippen LogP contribution in [0.2, 0.25) is 0 Å². The normalized spacial score (nSPS) is 21.8. The van der Waals surface area contributed by atoms with Crippen LogP contribution in [0.15, 0.2) is 24.3 Å². The second-order valence-electron chi connectivity index (χ2n) is 6.43. The first kappa shape index (κ1) is 17.3. The van der Waals surface area contributed by atoms with Gasteiger partial charge in [-0.05, 0) is 30.7 Å². The van der Waals surface area contributed by atoms with E-state index in [4.69, 9.17) is 5.73 Å². The van der Waals surface area contributed by atoms with Crippen LogP contribution >= 0.6 is 0 Å². The highest BCUT2D eigenvalue weighted by atomic mass is 15.3. The fraction of sp³-hybridized carbons (Fsp3) is 0.667. The largest absolute Gasteiger partial charge is 0.378 e. The van der Waals surface area contributed by atoms with E-state index in [2.05, 4.69) is 66.9 Å². The summed E-state index contributed by atoms with van der Waals surface area (Å²) >= 11 is 0. The van der Waals surface area contributed by atoms with Gasteiger partial charge in [-0.2, -0.15) is 0 Å². The third-order valence-corrected chi connectivity index (χ3v) is 4.95. The second-order valence-corrected chi connectivity index (χ2v) is 6.43. The van der Waals surface area contributed by atoms with Crippen LogP contribution in [0, 0.1) is 0 Å². The Morgan fingerprint density at radius 2 is 1.86 bits per heavy atom. The highest BCUT2D eigenvalue weighted by Crippen LogP contribution is 2.27. The molecule has 2 unspecified atom stereocenters. The maximum Gasteiger partial charge on any atom is 0.0474 e. The predicted molar refractivity (Wildman–Crippen MR) is 95.5 cm³/mol. The molecule has 1 heterocycles. The third-order valence-electron chi connectivity index (χ3n) is 4.95. The Kier molecular flexibility index (Phi) is 6.24. The molecule has 22 heavy (non-hydrogen) atoms. The Morgan fingerprint density at radius 3 is 2.36 bits per heavy atom. The van der Waals surface area contributed by atoms with Crippen LogP contribution < -0.4 is 10.6 Å².